The van der Waals surface area contributed by atoms with E-state index in [-0.39, 0.29) is 5.91 Å². The van der Waals surface area contributed by atoms with Crippen molar-refractivity contribution in [2.75, 3.05) is 12.4 Å². The monoisotopic (exact) mass is 218 g/mol. The fourth-order valence-electron chi connectivity index (χ4n) is 1.21. The molecule has 0 bridgehead atoms. The van der Waals surface area contributed by atoms with Crippen LogP contribution in [0.3, 0.4) is 0 Å². The van der Waals surface area contributed by atoms with Gasteiger partial charge in [-0.15, -0.1) is 0 Å². The molecule has 0 aliphatic rings. The van der Waals surface area contributed by atoms with E-state index in [1.54, 1.807) is 31.4 Å². The Balaban J connectivity index is 2.14. The van der Waals surface area contributed by atoms with Crippen LogP contribution in [0.1, 0.15) is 10.4 Å². The van der Waals surface area contributed by atoms with Crippen LogP contribution in [0, 0.1) is 0 Å². The van der Waals surface area contributed by atoms with E-state index >= 15 is 0 Å². The quantitative estimate of drug-likeness (QED) is 0.807. The second kappa shape index (κ2) is 4.43. The molecule has 0 unspecified atom stereocenters. The van der Waals surface area contributed by atoms with Crippen LogP contribution in [0.15, 0.2) is 30.6 Å². The van der Waals surface area contributed by atoms with Gasteiger partial charge >= 0.3 is 0 Å². The molecule has 0 atom stereocenters. The summed E-state index contributed by atoms with van der Waals surface area (Å²) in [5.74, 6) is 0.675. The summed E-state index contributed by atoms with van der Waals surface area (Å²) >= 11 is 0. The Labute approximate surface area is 91.7 Å². The van der Waals surface area contributed by atoms with Crippen molar-refractivity contribution in [2.24, 2.45) is 0 Å². The minimum Gasteiger partial charge on any atom is -0.497 e. The highest BCUT2D eigenvalue weighted by molar-refractivity contribution is 6.03. The molecular formula is C10H10N4O2. The molecule has 1 amide bonds. The van der Waals surface area contributed by atoms with E-state index in [1.165, 1.54) is 6.33 Å². The van der Waals surface area contributed by atoms with Gasteiger partial charge in [0.05, 0.1) is 7.11 Å². The van der Waals surface area contributed by atoms with Crippen molar-refractivity contribution in [3.63, 3.8) is 0 Å². The number of hydrogen-bond donors (Lipinski definition) is 2. The number of nitrogens with zero attached hydrogens (tertiary/aromatic N) is 2. The fraction of sp³-hybridized carbons (Fsp3) is 0.100. The maximum absolute atomic E-state index is 11.7. The number of rotatable bonds is 3. The van der Waals surface area contributed by atoms with Gasteiger partial charge in [0.25, 0.3) is 5.91 Å². The third kappa shape index (κ3) is 2.17. The van der Waals surface area contributed by atoms with E-state index in [4.69, 9.17) is 4.74 Å². The van der Waals surface area contributed by atoms with E-state index in [0.29, 0.717) is 17.3 Å². The van der Waals surface area contributed by atoms with Gasteiger partial charge in [0.15, 0.2) is 0 Å². The molecule has 2 aromatic rings. The summed E-state index contributed by atoms with van der Waals surface area (Å²) in [4.78, 5) is 15.5. The van der Waals surface area contributed by atoms with Crippen LogP contribution < -0.4 is 10.1 Å². The average Bonchev–Trinajstić information content (AvgIpc) is 2.82. The summed E-state index contributed by atoms with van der Waals surface area (Å²) in [5.41, 5.74) is 0.496. The Kier molecular flexibility index (Phi) is 2.81. The second-order valence-corrected chi connectivity index (χ2v) is 3.02. The van der Waals surface area contributed by atoms with E-state index in [2.05, 4.69) is 20.5 Å². The minimum atomic E-state index is -0.268. The standard InChI is InChI=1S/C10H10N4O2/c1-16-8-4-2-3-7(5-8)9(15)13-10-11-6-12-14-10/h2-6H,1H3,(H2,11,12,13,14,15). The Morgan fingerprint density at radius 2 is 2.38 bits per heavy atom. The molecule has 82 valence electrons. The highest BCUT2D eigenvalue weighted by Crippen LogP contribution is 2.13. The molecular weight excluding hydrogens is 208 g/mol. The van der Waals surface area contributed by atoms with E-state index in [1.807, 2.05) is 0 Å². The maximum Gasteiger partial charge on any atom is 0.258 e. The second-order valence-electron chi connectivity index (χ2n) is 3.02. The largest absolute Gasteiger partial charge is 0.497 e. The highest BCUT2D eigenvalue weighted by Gasteiger charge is 2.07. The lowest BCUT2D eigenvalue weighted by atomic mass is 10.2. The molecule has 0 aliphatic carbocycles. The molecule has 2 N–H and O–H groups in total. The van der Waals surface area contributed by atoms with E-state index in [9.17, 15) is 4.79 Å². The molecule has 0 saturated carbocycles. The van der Waals surface area contributed by atoms with Gasteiger partial charge in [0.1, 0.15) is 12.1 Å². The number of H-pyrrole nitrogens is 1. The normalized spacial score (nSPS) is 9.81. The Hall–Kier alpha value is -2.37. The maximum atomic E-state index is 11.7. The first kappa shape index (κ1) is 10.2. The van der Waals surface area contributed by atoms with Gasteiger partial charge in [-0.1, -0.05) is 6.07 Å². The lowest BCUT2D eigenvalue weighted by Gasteiger charge is -2.03. The van der Waals surface area contributed by atoms with Crippen molar-refractivity contribution in [3.8, 4) is 5.75 Å². The Bertz CT molecular complexity index is 481. The van der Waals surface area contributed by atoms with Crippen molar-refractivity contribution in [1.29, 1.82) is 0 Å². The van der Waals surface area contributed by atoms with E-state index in [0.717, 1.165) is 0 Å². The van der Waals surface area contributed by atoms with Gasteiger partial charge in [0, 0.05) is 5.56 Å². The molecule has 0 saturated heterocycles. The minimum absolute atomic E-state index is 0.268. The number of amides is 1. The average molecular weight is 218 g/mol. The first-order valence-corrected chi connectivity index (χ1v) is 4.60. The number of anilines is 1. The van der Waals surface area contributed by atoms with E-state index < -0.39 is 0 Å². The molecule has 1 heterocycles. The topological polar surface area (TPSA) is 79.9 Å². The number of carbonyl (C=O) groups is 1. The predicted octanol–water partition coefficient (Wildman–Crippen LogP) is 1.07. The molecule has 1 aromatic carbocycles. The third-order valence-corrected chi connectivity index (χ3v) is 1.98. The smallest absolute Gasteiger partial charge is 0.258 e. The summed E-state index contributed by atoms with van der Waals surface area (Å²) in [5, 5.41) is 8.74. The number of ether oxygens (including phenoxy) is 1. The number of methoxy groups -OCH3 is 1. The number of aromatic amines is 1. The van der Waals surface area contributed by atoms with Crippen molar-refractivity contribution in [3.05, 3.63) is 36.2 Å². The molecule has 1 aromatic heterocycles. The number of carbonyl (C=O) groups excluding carboxylic acids is 1. The summed E-state index contributed by atoms with van der Waals surface area (Å²) in [7, 11) is 1.55. The number of hydrogen-bond acceptors (Lipinski definition) is 4. The first-order chi connectivity index (χ1) is 7.79. The van der Waals surface area contributed by atoms with Crippen molar-refractivity contribution in [1.82, 2.24) is 15.2 Å². The zero-order valence-electron chi connectivity index (χ0n) is 8.60. The van der Waals surface area contributed by atoms with Crippen LogP contribution in [-0.4, -0.2) is 28.2 Å². The van der Waals surface area contributed by atoms with Crippen LogP contribution in [-0.2, 0) is 0 Å². The summed E-state index contributed by atoms with van der Waals surface area (Å²) in [6.07, 6.45) is 1.32. The SMILES string of the molecule is COc1cccc(C(=O)Nc2ncn[nH]2)c1. The van der Waals surface area contributed by atoms with Gasteiger partial charge in [0.2, 0.25) is 5.95 Å². The lowest BCUT2D eigenvalue weighted by molar-refractivity contribution is 0.102. The number of nitrogens with one attached hydrogen (secondary N) is 2. The number of aromatic nitrogens is 3. The van der Waals surface area contributed by atoms with Crippen molar-refractivity contribution < 1.29 is 9.53 Å². The molecule has 0 radical (unpaired) electrons. The van der Waals surface area contributed by atoms with Crippen LogP contribution in [0.5, 0.6) is 5.75 Å². The first-order valence-electron chi connectivity index (χ1n) is 4.60. The summed E-state index contributed by atoms with van der Waals surface area (Å²) in [6.45, 7) is 0. The van der Waals surface area contributed by atoms with Crippen molar-refractivity contribution in [2.45, 2.75) is 0 Å². The summed E-state index contributed by atoms with van der Waals surface area (Å²) < 4.78 is 5.02. The third-order valence-electron chi connectivity index (χ3n) is 1.98. The number of benzene rings is 1. The van der Waals surface area contributed by atoms with Gasteiger partial charge in [-0.3, -0.25) is 10.1 Å². The zero-order chi connectivity index (χ0) is 11.4. The van der Waals surface area contributed by atoms with Gasteiger partial charge in [-0.05, 0) is 18.2 Å². The van der Waals surface area contributed by atoms with Crippen LogP contribution >= 0.6 is 0 Å². The molecule has 0 spiro atoms. The van der Waals surface area contributed by atoms with Crippen LogP contribution in [0.2, 0.25) is 0 Å². The molecule has 0 fully saturated rings. The molecule has 6 heteroatoms. The van der Waals surface area contributed by atoms with Gasteiger partial charge in [-0.25, -0.2) is 5.10 Å². The molecule has 2 rings (SSSR count). The molecule has 16 heavy (non-hydrogen) atoms. The fourth-order valence-corrected chi connectivity index (χ4v) is 1.21. The van der Waals surface area contributed by atoms with Gasteiger partial charge < -0.3 is 4.74 Å². The zero-order valence-corrected chi connectivity index (χ0v) is 8.60. The Morgan fingerprint density at radius 1 is 1.50 bits per heavy atom. The lowest BCUT2D eigenvalue weighted by Crippen LogP contribution is -2.12. The predicted molar refractivity (Wildman–Crippen MR) is 57.3 cm³/mol. The summed E-state index contributed by atoms with van der Waals surface area (Å²) in [6, 6.07) is 6.85. The molecule has 6 nitrogen and oxygen atoms in total. The van der Waals surface area contributed by atoms with Crippen LogP contribution in [0.25, 0.3) is 0 Å². The van der Waals surface area contributed by atoms with Gasteiger partial charge in [-0.2, -0.15) is 10.1 Å². The highest BCUT2D eigenvalue weighted by atomic mass is 16.5. The Morgan fingerprint density at radius 3 is 3.06 bits per heavy atom. The van der Waals surface area contributed by atoms with Crippen LogP contribution in [0.4, 0.5) is 5.95 Å². The molecule has 0 aliphatic heterocycles. The van der Waals surface area contributed by atoms with Crippen molar-refractivity contribution >= 4 is 11.9 Å².